The molecular formula is C14H17NO2. The molecule has 1 aliphatic carbocycles. The highest BCUT2D eigenvalue weighted by Crippen LogP contribution is 2.33. The molecule has 0 amide bonds. The minimum atomic E-state index is -0.700. The molecule has 0 spiro atoms. The average Bonchev–Trinajstić information content (AvgIpc) is 2.61. The number of carbonyl (C=O) groups excluding carboxylic acids is 1. The third-order valence-corrected chi connectivity index (χ3v) is 2.79. The van der Waals surface area contributed by atoms with E-state index in [1.165, 1.54) is 17.2 Å². The van der Waals surface area contributed by atoms with Crippen molar-refractivity contribution in [3.05, 3.63) is 35.5 Å². The van der Waals surface area contributed by atoms with Gasteiger partial charge in [-0.2, -0.15) is 5.26 Å². The van der Waals surface area contributed by atoms with Gasteiger partial charge in [0, 0.05) is 6.08 Å². The summed E-state index contributed by atoms with van der Waals surface area (Å²) in [6.07, 6.45) is 5.26. The van der Waals surface area contributed by atoms with E-state index in [2.05, 4.69) is 13.5 Å². The Morgan fingerprint density at radius 1 is 1.65 bits per heavy atom. The maximum absolute atomic E-state index is 11.5. The lowest BCUT2D eigenvalue weighted by atomic mass is 10.0. The maximum atomic E-state index is 11.5. The summed E-state index contributed by atoms with van der Waals surface area (Å²) >= 11 is 0. The highest BCUT2D eigenvalue weighted by atomic mass is 16.5. The van der Waals surface area contributed by atoms with Crippen LogP contribution in [-0.2, 0) is 9.53 Å². The smallest absolute Gasteiger partial charge is 0.332 e. The summed E-state index contributed by atoms with van der Waals surface area (Å²) in [4.78, 5) is 11.5. The standard InChI is InChI=1S/C14H17NO2/c1-4-5-13-10(2)6-7-12(13)8-14(16)17-11(3)9-15/h4,8,11H,1,5-7H2,2-3H3/t11-/m0/s1. The van der Waals surface area contributed by atoms with E-state index in [-0.39, 0.29) is 0 Å². The van der Waals surface area contributed by atoms with Crippen molar-refractivity contribution in [2.45, 2.75) is 39.2 Å². The first-order valence-electron chi connectivity index (χ1n) is 5.69. The van der Waals surface area contributed by atoms with E-state index in [1.807, 2.05) is 12.1 Å². The third kappa shape index (κ3) is 3.60. The molecule has 0 saturated heterocycles. The second-order valence-corrected chi connectivity index (χ2v) is 4.13. The first-order chi connectivity index (χ1) is 8.08. The molecule has 3 heteroatoms. The number of rotatable bonds is 4. The van der Waals surface area contributed by atoms with Crippen LogP contribution in [0.15, 0.2) is 35.5 Å². The van der Waals surface area contributed by atoms with Gasteiger partial charge in [0.05, 0.1) is 0 Å². The van der Waals surface area contributed by atoms with Crippen molar-refractivity contribution in [3.8, 4) is 6.07 Å². The molecule has 0 aromatic rings. The van der Waals surface area contributed by atoms with Crippen molar-refractivity contribution in [2.75, 3.05) is 0 Å². The van der Waals surface area contributed by atoms with E-state index in [4.69, 9.17) is 10.00 Å². The summed E-state index contributed by atoms with van der Waals surface area (Å²) < 4.78 is 4.90. The first kappa shape index (κ1) is 13.2. The third-order valence-electron chi connectivity index (χ3n) is 2.79. The van der Waals surface area contributed by atoms with Crippen LogP contribution < -0.4 is 0 Å². The van der Waals surface area contributed by atoms with Crippen LogP contribution in [0, 0.1) is 11.3 Å². The van der Waals surface area contributed by atoms with Gasteiger partial charge in [-0.05, 0) is 44.3 Å². The molecule has 17 heavy (non-hydrogen) atoms. The molecule has 0 unspecified atom stereocenters. The normalized spacial score (nSPS) is 19.0. The van der Waals surface area contributed by atoms with Crippen molar-refractivity contribution < 1.29 is 9.53 Å². The topological polar surface area (TPSA) is 50.1 Å². The van der Waals surface area contributed by atoms with Gasteiger partial charge in [0.15, 0.2) is 6.10 Å². The van der Waals surface area contributed by atoms with Crippen LogP contribution in [0.25, 0.3) is 0 Å². The van der Waals surface area contributed by atoms with Crippen LogP contribution in [0.3, 0.4) is 0 Å². The molecule has 0 saturated carbocycles. The second-order valence-electron chi connectivity index (χ2n) is 4.13. The first-order valence-corrected chi connectivity index (χ1v) is 5.69. The lowest BCUT2D eigenvalue weighted by molar-refractivity contribution is -0.139. The van der Waals surface area contributed by atoms with Gasteiger partial charge < -0.3 is 4.74 Å². The van der Waals surface area contributed by atoms with Crippen LogP contribution in [0.1, 0.15) is 33.1 Å². The lowest BCUT2D eigenvalue weighted by Gasteiger charge is -2.06. The predicted molar refractivity (Wildman–Crippen MR) is 66.0 cm³/mol. The number of nitrogens with zero attached hydrogens (tertiary/aromatic N) is 1. The zero-order chi connectivity index (χ0) is 12.8. The van der Waals surface area contributed by atoms with Crippen LogP contribution in [0.5, 0.6) is 0 Å². The Hall–Kier alpha value is -1.82. The number of nitriles is 1. The molecule has 0 aromatic heterocycles. The molecule has 1 aliphatic rings. The molecular weight excluding hydrogens is 214 g/mol. The molecule has 3 nitrogen and oxygen atoms in total. The van der Waals surface area contributed by atoms with Crippen molar-refractivity contribution in [2.24, 2.45) is 0 Å². The Bertz CT molecular complexity index is 424. The highest BCUT2D eigenvalue weighted by molar-refractivity contribution is 5.84. The number of carbonyl (C=O) groups is 1. The van der Waals surface area contributed by atoms with Crippen LogP contribution in [0.4, 0.5) is 0 Å². The van der Waals surface area contributed by atoms with Gasteiger partial charge in [0.2, 0.25) is 0 Å². The molecule has 1 atom stereocenters. The van der Waals surface area contributed by atoms with Crippen LogP contribution in [0.2, 0.25) is 0 Å². The molecule has 0 heterocycles. The number of esters is 1. The molecule has 1 rings (SSSR count). The quantitative estimate of drug-likeness (QED) is 0.424. The molecule has 0 N–H and O–H groups in total. The summed E-state index contributed by atoms with van der Waals surface area (Å²) in [7, 11) is 0. The monoisotopic (exact) mass is 231 g/mol. The summed E-state index contributed by atoms with van der Waals surface area (Å²) in [5, 5.41) is 8.55. The SMILES string of the molecule is C=CCC1=C(C)CCC1=CC(=O)O[C@@H](C)C#N. The largest absolute Gasteiger partial charge is 0.444 e. The van der Waals surface area contributed by atoms with E-state index >= 15 is 0 Å². The molecule has 0 aromatic carbocycles. The molecule has 0 radical (unpaired) electrons. The van der Waals surface area contributed by atoms with E-state index in [0.29, 0.717) is 0 Å². The highest BCUT2D eigenvalue weighted by Gasteiger charge is 2.17. The van der Waals surface area contributed by atoms with E-state index in [0.717, 1.165) is 24.8 Å². The number of allylic oxidation sites excluding steroid dienone is 4. The number of hydrogen-bond donors (Lipinski definition) is 0. The van der Waals surface area contributed by atoms with Gasteiger partial charge >= 0.3 is 5.97 Å². The number of hydrogen-bond acceptors (Lipinski definition) is 3. The predicted octanol–water partition coefficient (Wildman–Crippen LogP) is 3.05. The summed E-state index contributed by atoms with van der Waals surface area (Å²) in [6.45, 7) is 7.34. The molecule has 0 aliphatic heterocycles. The van der Waals surface area contributed by atoms with Gasteiger partial charge in [-0.15, -0.1) is 6.58 Å². The molecule has 0 bridgehead atoms. The van der Waals surface area contributed by atoms with E-state index < -0.39 is 12.1 Å². The Kier molecular flexibility index (Phi) is 4.71. The van der Waals surface area contributed by atoms with Gasteiger partial charge in [-0.25, -0.2) is 4.79 Å². The lowest BCUT2D eigenvalue weighted by Crippen LogP contribution is -2.11. The zero-order valence-electron chi connectivity index (χ0n) is 10.3. The second kappa shape index (κ2) is 6.05. The Balaban J connectivity index is 2.76. The van der Waals surface area contributed by atoms with Crippen molar-refractivity contribution in [3.63, 3.8) is 0 Å². The van der Waals surface area contributed by atoms with E-state index in [1.54, 1.807) is 6.92 Å². The van der Waals surface area contributed by atoms with Crippen LogP contribution >= 0.6 is 0 Å². The van der Waals surface area contributed by atoms with E-state index in [9.17, 15) is 4.79 Å². The summed E-state index contributed by atoms with van der Waals surface area (Å²) in [5.41, 5.74) is 3.50. The average molecular weight is 231 g/mol. The minimum Gasteiger partial charge on any atom is -0.444 e. The summed E-state index contributed by atoms with van der Waals surface area (Å²) in [5.74, 6) is -0.440. The van der Waals surface area contributed by atoms with Gasteiger partial charge in [-0.1, -0.05) is 11.6 Å². The Labute approximate surface area is 102 Å². The van der Waals surface area contributed by atoms with Gasteiger partial charge in [0.25, 0.3) is 0 Å². The fraction of sp³-hybridized carbons (Fsp3) is 0.429. The summed E-state index contributed by atoms with van der Waals surface area (Å²) in [6, 6.07) is 1.87. The zero-order valence-corrected chi connectivity index (χ0v) is 10.3. The maximum Gasteiger partial charge on any atom is 0.332 e. The van der Waals surface area contributed by atoms with Crippen molar-refractivity contribution >= 4 is 5.97 Å². The van der Waals surface area contributed by atoms with Gasteiger partial charge in [0.1, 0.15) is 6.07 Å². The number of ether oxygens (including phenoxy) is 1. The fourth-order valence-corrected chi connectivity index (χ4v) is 1.88. The fourth-order valence-electron chi connectivity index (χ4n) is 1.88. The van der Waals surface area contributed by atoms with Gasteiger partial charge in [-0.3, -0.25) is 0 Å². The van der Waals surface area contributed by atoms with Crippen LogP contribution in [-0.4, -0.2) is 12.1 Å². The Morgan fingerprint density at radius 3 is 2.94 bits per heavy atom. The Morgan fingerprint density at radius 2 is 2.35 bits per heavy atom. The van der Waals surface area contributed by atoms with Crippen molar-refractivity contribution in [1.82, 2.24) is 0 Å². The molecule has 90 valence electrons. The van der Waals surface area contributed by atoms with Crippen molar-refractivity contribution in [1.29, 1.82) is 5.26 Å². The minimum absolute atomic E-state index is 0.440. The molecule has 0 fully saturated rings.